The molecule has 2 heterocycles. The fraction of sp³-hybridized carbons (Fsp3) is 0.571. The van der Waals surface area contributed by atoms with Crippen molar-refractivity contribution in [1.82, 2.24) is 0 Å². The zero-order chi connectivity index (χ0) is 11.1. The molecule has 86 valence electrons. The predicted octanol–water partition coefficient (Wildman–Crippen LogP) is 2.75. The summed E-state index contributed by atoms with van der Waals surface area (Å²) in [5, 5.41) is 3.41. The molecule has 1 saturated heterocycles. The summed E-state index contributed by atoms with van der Waals surface area (Å²) in [5.74, 6) is 1.72. The zero-order valence-electron chi connectivity index (χ0n) is 10.2. The van der Waals surface area contributed by atoms with Crippen molar-refractivity contribution in [3.05, 3.63) is 23.8 Å². The van der Waals surface area contributed by atoms with Crippen molar-refractivity contribution in [2.24, 2.45) is 11.8 Å². The summed E-state index contributed by atoms with van der Waals surface area (Å²) >= 11 is 0. The molecular formula is C14H20N2. The van der Waals surface area contributed by atoms with Crippen LogP contribution in [0.4, 0.5) is 11.4 Å². The summed E-state index contributed by atoms with van der Waals surface area (Å²) in [7, 11) is 0. The van der Waals surface area contributed by atoms with Gasteiger partial charge in [0.15, 0.2) is 0 Å². The fourth-order valence-corrected chi connectivity index (χ4v) is 2.63. The van der Waals surface area contributed by atoms with E-state index in [1.165, 1.54) is 36.4 Å². The summed E-state index contributed by atoms with van der Waals surface area (Å²) in [6.45, 7) is 8.24. The first-order valence-corrected chi connectivity index (χ1v) is 6.36. The summed E-state index contributed by atoms with van der Waals surface area (Å²) in [6.07, 6.45) is 1.19. The van der Waals surface area contributed by atoms with Crippen LogP contribution in [-0.2, 0) is 6.42 Å². The second kappa shape index (κ2) is 3.69. The average molecular weight is 216 g/mol. The molecule has 0 amide bonds. The minimum absolute atomic E-state index is 0.826. The Morgan fingerprint density at radius 3 is 2.88 bits per heavy atom. The van der Waals surface area contributed by atoms with Gasteiger partial charge in [0.2, 0.25) is 0 Å². The van der Waals surface area contributed by atoms with E-state index in [2.05, 4.69) is 42.3 Å². The first kappa shape index (κ1) is 10.0. The van der Waals surface area contributed by atoms with Crippen LogP contribution in [0, 0.1) is 11.8 Å². The third-order valence-electron chi connectivity index (χ3n) is 4.02. The number of anilines is 2. The molecule has 1 aromatic rings. The van der Waals surface area contributed by atoms with Crippen LogP contribution >= 0.6 is 0 Å². The Bertz CT molecular complexity index is 392. The van der Waals surface area contributed by atoms with E-state index in [1.54, 1.807) is 0 Å². The highest BCUT2D eigenvalue weighted by molar-refractivity contribution is 5.63. The second-order valence-electron chi connectivity index (χ2n) is 5.43. The molecule has 1 N–H and O–H groups in total. The minimum atomic E-state index is 0.826. The highest BCUT2D eigenvalue weighted by Crippen LogP contribution is 2.32. The van der Waals surface area contributed by atoms with Crippen LogP contribution in [0.2, 0.25) is 0 Å². The van der Waals surface area contributed by atoms with Crippen molar-refractivity contribution >= 4 is 11.4 Å². The quantitative estimate of drug-likeness (QED) is 0.817. The second-order valence-corrected chi connectivity index (χ2v) is 5.43. The lowest BCUT2D eigenvalue weighted by molar-refractivity contribution is 0.310. The Hall–Kier alpha value is -1.18. The third kappa shape index (κ3) is 1.57. The smallest absolute Gasteiger partial charge is 0.0375 e. The van der Waals surface area contributed by atoms with Gasteiger partial charge in [-0.25, -0.2) is 0 Å². The SMILES string of the molecule is CC(C)C1CN(c2ccc3c(c2)CCN3)C1. The van der Waals surface area contributed by atoms with E-state index in [4.69, 9.17) is 0 Å². The van der Waals surface area contributed by atoms with Gasteiger partial charge in [-0.3, -0.25) is 0 Å². The molecule has 16 heavy (non-hydrogen) atoms. The molecule has 2 aliphatic heterocycles. The molecule has 2 aliphatic rings. The highest BCUT2D eigenvalue weighted by atomic mass is 15.2. The van der Waals surface area contributed by atoms with Crippen molar-refractivity contribution in [3.63, 3.8) is 0 Å². The first-order valence-electron chi connectivity index (χ1n) is 6.36. The van der Waals surface area contributed by atoms with Crippen LogP contribution in [0.25, 0.3) is 0 Å². The lowest BCUT2D eigenvalue weighted by Crippen LogP contribution is -2.49. The van der Waals surface area contributed by atoms with Crippen molar-refractivity contribution in [3.8, 4) is 0 Å². The lowest BCUT2D eigenvalue weighted by Gasteiger charge is -2.43. The molecule has 0 atom stereocenters. The van der Waals surface area contributed by atoms with Crippen LogP contribution in [0.5, 0.6) is 0 Å². The maximum atomic E-state index is 3.41. The number of hydrogen-bond acceptors (Lipinski definition) is 2. The monoisotopic (exact) mass is 216 g/mol. The number of rotatable bonds is 2. The van der Waals surface area contributed by atoms with Crippen LogP contribution in [0.3, 0.4) is 0 Å². The molecule has 0 aliphatic carbocycles. The maximum absolute atomic E-state index is 3.41. The Kier molecular flexibility index (Phi) is 2.31. The van der Waals surface area contributed by atoms with E-state index in [1.807, 2.05) is 0 Å². The highest BCUT2D eigenvalue weighted by Gasteiger charge is 2.29. The molecule has 1 fully saturated rings. The number of nitrogens with zero attached hydrogens (tertiary/aromatic N) is 1. The van der Waals surface area contributed by atoms with Crippen LogP contribution in [0.1, 0.15) is 19.4 Å². The Morgan fingerprint density at radius 1 is 1.31 bits per heavy atom. The molecule has 2 nitrogen and oxygen atoms in total. The number of benzene rings is 1. The topological polar surface area (TPSA) is 15.3 Å². The largest absolute Gasteiger partial charge is 0.384 e. The van der Waals surface area contributed by atoms with Crippen LogP contribution in [0.15, 0.2) is 18.2 Å². The Labute approximate surface area is 97.6 Å². The van der Waals surface area contributed by atoms with Crippen LogP contribution < -0.4 is 10.2 Å². The first-order chi connectivity index (χ1) is 7.74. The lowest BCUT2D eigenvalue weighted by atomic mass is 9.88. The molecule has 0 unspecified atom stereocenters. The summed E-state index contributed by atoms with van der Waals surface area (Å²) < 4.78 is 0. The van der Waals surface area contributed by atoms with Gasteiger partial charge in [-0.1, -0.05) is 13.8 Å². The van der Waals surface area contributed by atoms with E-state index >= 15 is 0 Å². The molecule has 0 bridgehead atoms. The summed E-state index contributed by atoms with van der Waals surface area (Å²) in [4.78, 5) is 2.50. The normalized spacial score (nSPS) is 19.6. The fourth-order valence-electron chi connectivity index (χ4n) is 2.63. The van der Waals surface area contributed by atoms with Crippen molar-refractivity contribution in [1.29, 1.82) is 0 Å². The van der Waals surface area contributed by atoms with Gasteiger partial charge in [0.25, 0.3) is 0 Å². The standard InChI is InChI=1S/C14H20N2/c1-10(2)12-8-16(9-12)13-3-4-14-11(7-13)5-6-15-14/h3-4,7,10,12,15H,5-6,8-9H2,1-2H3. The van der Waals surface area contributed by atoms with Gasteiger partial charge in [0.05, 0.1) is 0 Å². The van der Waals surface area contributed by atoms with E-state index in [9.17, 15) is 0 Å². The van der Waals surface area contributed by atoms with Gasteiger partial charge in [-0.15, -0.1) is 0 Å². The molecule has 1 aromatic carbocycles. The molecular weight excluding hydrogens is 196 g/mol. The van der Waals surface area contributed by atoms with E-state index in [0.717, 1.165) is 18.4 Å². The zero-order valence-corrected chi connectivity index (χ0v) is 10.2. The molecule has 2 heteroatoms. The van der Waals surface area contributed by atoms with Gasteiger partial charge < -0.3 is 10.2 Å². The van der Waals surface area contributed by atoms with Gasteiger partial charge in [0, 0.05) is 31.0 Å². The molecule has 0 aromatic heterocycles. The maximum Gasteiger partial charge on any atom is 0.0375 e. The molecule has 0 radical (unpaired) electrons. The van der Waals surface area contributed by atoms with Crippen molar-refractivity contribution < 1.29 is 0 Å². The molecule has 3 rings (SSSR count). The van der Waals surface area contributed by atoms with Gasteiger partial charge in [0.1, 0.15) is 0 Å². The van der Waals surface area contributed by atoms with E-state index < -0.39 is 0 Å². The summed E-state index contributed by atoms with van der Waals surface area (Å²) in [5.41, 5.74) is 4.24. The van der Waals surface area contributed by atoms with Gasteiger partial charge in [-0.2, -0.15) is 0 Å². The van der Waals surface area contributed by atoms with E-state index in [-0.39, 0.29) is 0 Å². The Balaban J connectivity index is 1.72. The number of fused-ring (bicyclic) bond motifs is 1. The third-order valence-corrected chi connectivity index (χ3v) is 4.02. The predicted molar refractivity (Wildman–Crippen MR) is 69.2 cm³/mol. The minimum Gasteiger partial charge on any atom is -0.384 e. The molecule has 0 spiro atoms. The number of hydrogen-bond donors (Lipinski definition) is 1. The van der Waals surface area contributed by atoms with Gasteiger partial charge in [-0.05, 0) is 42.0 Å². The van der Waals surface area contributed by atoms with Crippen LogP contribution in [-0.4, -0.2) is 19.6 Å². The van der Waals surface area contributed by atoms with Crippen molar-refractivity contribution in [2.75, 3.05) is 29.9 Å². The van der Waals surface area contributed by atoms with Crippen molar-refractivity contribution in [2.45, 2.75) is 20.3 Å². The van der Waals surface area contributed by atoms with Gasteiger partial charge >= 0.3 is 0 Å². The van der Waals surface area contributed by atoms with E-state index in [0.29, 0.717) is 0 Å². The summed E-state index contributed by atoms with van der Waals surface area (Å²) in [6, 6.07) is 6.86. The average Bonchev–Trinajstić information content (AvgIpc) is 2.61. The molecule has 0 saturated carbocycles. The number of nitrogens with one attached hydrogen (secondary N) is 1. The Morgan fingerprint density at radius 2 is 2.12 bits per heavy atom.